The molecule has 0 amide bonds. The maximum absolute atomic E-state index is 6.15. The molecule has 0 aromatic heterocycles. The normalized spacial score (nSPS) is 43.0. The first-order chi connectivity index (χ1) is 8.54. The molecule has 1 aliphatic carbocycles. The van der Waals surface area contributed by atoms with Crippen molar-refractivity contribution in [3.05, 3.63) is 0 Å². The SMILES string of the molecule is CC1CCC(CN)(CN2CC(C)CCC2C)CC1. The van der Waals surface area contributed by atoms with Crippen molar-refractivity contribution in [3.63, 3.8) is 0 Å². The van der Waals surface area contributed by atoms with Crippen LogP contribution < -0.4 is 5.73 Å². The molecule has 1 aliphatic heterocycles. The predicted octanol–water partition coefficient (Wildman–Crippen LogP) is 3.26. The van der Waals surface area contributed by atoms with E-state index in [-0.39, 0.29) is 0 Å². The number of nitrogens with two attached hydrogens (primary N) is 1. The van der Waals surface area contributed by atoms with Gasteiger partial charge in [-0.25, -0.2) is 0 Å². The standard InChI is InChI=1S/C16H32N2/c1-13-6-8-16(11-17,9-7-13)12-18-10-14(2)4-5-15(18)3/h13-15H,4-12,17H2,1-3H3. The summed E-state index contributed by atoms with van der Waals surface area (Å²) in [7, 11) is 0. The van der Waals surface area contributed by atoms with E-state index in [4.69, 9.17) is 5.73 Å². The Labute approximate surface area is 113 Å². The Morgan fingerprint density at radius 1 is 1.00 bits per heavy atom. The molecule has 2 fully saturated rings. The quantitative estimate of drug-likeness (QED) is 0.835. The molecule has 0 spiro atoms. The number of piperidine rings is 1. The second kappa shape index (κ2) is 5.92. The van der Waals surface area contributed by atoms with E-state index in [0.717, 1.165) is 24.4 Å². The number of hydrogen-bond donors (Lipinski definition) is 1. The third-order valence-corrected chi connectivity index (χ3v) is 5.55. The van der Waals surface area contributed by atoms with E-state index in [1.807, 2.05) is 0 Å². The monoisotopic (exact) mass is 252 g/mol. The molecular formula is C16H32N2. The molecule has 2 heteroatoms. The molecule has 1 saturated heterocycles. The maximum atomic E-state index is 6.15. The zero-order valence-corrected chi connectivity index (χ0v) is 12.6. The molecule has 0 aromatic rings. The topological polar surface area (TPSA) is 29.3 Å². The smallest absolute Gasteiger partial charge is 0.00673 e. The molecular weight excluding hydrogens is 220 g/mol. The van der Waals surface area contributed by atoms with Crippen LogP contribution in [0.2, 0.25) is 0 Å². The van der Waals surface area contributed by atoms with Crippen molar-refractivity contribution in [1.29, 1.82) is 0 Å². The summed E-state index contributed by atoms with van der Waals surface area (Å²) in [6, 6.07) is 0.768. The second-order valence-electron chi connectivity index (χ2n) is 7.35. The van der Waals surface area contributed by atoms with Crippen LogP contribution in [-0.4, -0.2) is 30.6 Å². The average molecular weight is 252 g/mol. The highest BCUT2D eigenvalue weighted by molar-refractivity contribution is 4.91. The van der Waals surface area contributed by atoms with Gasteiger partial charge in [0.1, 0.15) is 0 Å². The summed E-state index contributed by atoms with van der Waals surface area (Å²) in [4.78, 5) is 2.73. The van der Waals surface area contributed by atoms with Gasteiger partial charge in [0.2, 0.25) is 0 Å². The fraction of sp³-hybridized carbons (Fsp3) is 1.00. The first-order valence-electron chi connectivity index (χ1n) is 7.99. The molecule has 0 radical (unpaired) electrons. The van der Waals surface area contributed by atoms with Gasteiger partial charge in [0.15, 0.2) is 0 Å². The Hall–Kier alpha value is -0.0800. The van der Waals surface area contributed by atoms with Crippen LogP contribution in [0.1, 0.15) is 59.3 Å². The van der Waals surface area contributed by atoms with Crippen LogP contribution in [0.4, 0.5) is 0 Å². The highest BCUT2D eigenvalue weighted by Crippen LogP contribution is 2.40. The zero-order valence-electron chi connectivity index (χ0n) is 12.6. The molecule has 2 nitrogen and oxygen atoms in total. The predicted molar refractivity (Wildman–Crippen MR) is 78.6 cm³/mol. The van der Waals surface area contributed by atoms with Crippen LogP contribution in [-0.2, 0) is 0 Å². The minimum atomic E-state index is 0.428. The minimum Gasteiger partial charge on any atom is -0.330 e. The first-order valence-corrected chi connectivity index (χ1v) is 7.99. The lowest BCUT2D eigenvalue weighted by Gasteiger charge is -2.46. The Morgan fingerprint density at radius 3 is 2.28 bits per heavy atom. The van der Waals surface area contributed by atoms with Crippen molar-refractivity contribution in [1.82, 2.24) is 4.90 Å². The van der Waals surface area contributed by atoms with Gasteiger partial charge in [-0.3, -0.25) is 4.90 Å². The third kappa shape index (κ3) is 3.27. The van der Waals surface area contributed by atoms with Crippen molar-refractivity contribution in [3.8, 4) is 0 Å². The number of likely N-dealkylation sites (tertiary alicyclic amines) is 1. The molecule has 1 saturated carbocycles. The van der Waals surface area contributed by atoms with Gasteiger partial charge in [-0.05, 0) is 56.4 Å². The fourth-order valence-electron chi connectivity index (χ4n) is 3.83. The average Bonchev–Trinajstić information content (AvgIpc) is 2.37. The lowest BCUT2D eigenvalue weighted by atomic mass is 9.70. The van der Waals surface area contributed by atoms with Gasteiger partial charge in [0, 0.05) is 19.1 Å². The van der Waals surface area contributed by atoms with Gasteiger partial charge >= 0.3 is 0 Å². The summed E-state index contributed by atoms with van der Waals surface area (Å²) in [5.41, 5.74) is 6.58. The molecule has 2 aliphatic rings. The van der Waals surface area contributed by atoms with Gasteiger partial charge in [-0.1, -0.05) is 26.7 Å². The second-order valence-corrected chi connectivity index (χ2v) is 7.35. The summed E-state index contributed by atoms with van der Waals surface area (Å²) in [6.45, 7) is 10.6. The molecule has 0 aromatic carbocycles. The molecule has 2 rings (SSSR count). The molecule has 2 N–H and O–H groups in total. The molecule has 106 valence electrons. The van der Waals surface area contributed by atoms with E-state index in [2.05, 4.69) is 25.7 Å². The molecule has 1 heterocycles. The molecule has 2 unspecified atom stereocenters. The van der Waals surface area contributed by atoms with Crippen LogP contribution in [0.5, 0.6) is 0 Å². The lowest BCUT2D eigenvalue weighted by Crippen LogP contribution is -2.50. The minimum absolute atomic E-state index is 0.428. The summed E-state index contributed by atoms with van der Waals surface area (Å²) in [5, 5.41) is 0. The summed E-state index contributed by atoms with van der Waals surface area (Å²) in [5.74, 6) is 1.79. The van der Waals surface area contributed by atoms with E-state index >= 15 is 0 Å². The van der Waals surface area contributed by atoms with Crippen LogP contribution in [0.3, 0.4) is 0 Å². The van der Waals surface area contributed by atoms with Crippen LogP contribution in [0, 0.1) is 17.3 Å². The van der Waals surface area contributed by atoms with Gasteiger partial charge in [0.25, 0.3) is 0 Å². The fourth-order valence-corrected chi connectivity index (χ4v) is 3.83. The summed E-state index contributed by atoms with van der Waals surface area (Å²) in [6.07, 6.45) is 8.25. The molecule has 18 heavy (non-hydrogen) atoms. The van der Waals surface area contributed by atoms with Crippen molar-refractivity contribution < 1.29 is 0 Å². The maximum Gasteiger partial charge on any atom is 0.00673 e. The van der Waals surface area contributed by atoms with E-state index in [9.17, 15) is 0 Å². The first kappa shape index (κ1) is 14.3. The third-order valence-electron chi connectivity index (χ3n) is 5.55. The van der Waals surface area contributed by atoms with E-state index in [0.29, 0.717) is 5.41 Å². The van der Waals surface area contributed by atoms with Crippen LogP contribution in [0.15, 0.2) is 0 Å². The lowest BCUT2D eigenvalue weighted by molar-refractivity contribution is 0.0419. The van der Waals surface area contributed by atoms with Gasteiger partial charge in [-0.2, -0.15) is 0 Å². The number of nitrogens with zero attached hydrogens (tertiary/aromatic N) is 1. The van der Waals surface area contributed by atoms with Gasteiger partial charge in [-0.15, -0.1) is 0 Å². The van der Waals surface area contributed by atoms with Crippen LogP contribution >= 0.6 is 0 Å². The largest absolute Gasteiger partial charge is 0.330 e. The molecule has 0 bridgehead atoms. The van der Waals surface area contributed by atoms with Gasteiger partial charge in [0.05, 0.1) is 0 Å². The van der Waals surface area contributed by atoms with Crippen molar-refractivity contribution >= 4 is 0 Å². The van der Waals surface area contributed by atoms with E-state index < -0.39 is 0 Å². The van der Waals surface area contributed by atoms with Crippen molar-refractivity contribution in [2.75, 3.05) is 19.6 Å². The number of rotatable bonds is 3. The van der Waals surface area contributed by atoms with E-state index in [1.165, 1.54) is 51.6 Å². The Bertz CT molecular complexity index is 256. The molecule has 2 atom stereocenters. The zero-order chi connectivity index (χ0) is 13.2. The Morgan fingerprint density at radius 2 is 1.67 bits per heavy atom. The highest BCUT2D eigenvalue weighted by Gasteiger charge is 2.36. The Balaban J connectivity index is 1.96. The highest BCUT2D eigenvalue weighted by atomic mass is 15.2. The van der Waals surface area contributed by atoms with Crippen molar-refractivity contribution in [2.24, 2.45) is 23.0 Å². The van der Waals surface area contributed by atoms with E-state index in [1.54, 1.807) is 0 Å². The number of hydrogen-bond acceptors (Lipinski definition) is 2. The Kier molecular flexibility index (Phi) is 4.71. The van der Waals surface area contributed by atoms with Gasteiger partial charge < -0.3 is 5.73 Å². The summed E-state index contributed by atoms with van der Waals surface area (Å²) < 4.78 is 0. The van der Waals surface area contributed by atoms with Crippen LogP contribution in [0.25, 0.3) is 0 Å². The summed E-state index contributed by atoms with van der Waals surface area (Å²) >= 11 is 0. The van der Waals surface area contributed by atoms with Crippen molar-refractivity contribution in [2.45, 2.75) is 65.3 Å².